The van der Waals surface area contributed by atoms with E-state index in [1.807, 2.05) is 25.1 Å². The molecule has 0 bridgehead atoms. The molecule has 0 heterocycles. The van der Waals surface area contributed by atoms with Gasteiger partial charge in [0.1, 0.15) is 4.99 Å². The van der Waals surface area contributed by atoms with Gasteiger partial charge in [0.15, 0.2) is 0 Å². The van der Waals surface area contributed by atoms with Crippen LogP contribution in [0.2, 0.25) is 0 Å². The quantitative estimate of drug-likeness (QED) is 0.782. The molecular formula is C11H16N2OS2. The molecule has 0 aliphatic carbocycles. The molecule has 0 saturated carbocycles. The van der Waals surface area contributed by atoms with Gasteiger partial charge in [-0.2, -0.15) is 0 Å². The van der Waals surface area contributed by atoms with E-state index in [-0.39, 0.29) is 0 Å². The van der Waals surface area contributed by atoms with Crippen LogP contribution in [0.15, 0.2) is 18.2 Å². The zero-order valence-corrected chi connectivity index (χ0v) is 11.1. The van der Waals surface area contributed by atoms with Crippen molar-refractivity contribution in [2.24, 2.45) is 5.73 Å². The van der Waals surface area contributed by atoms with Crippen LogP contribution in [-0.4, -0.2) is 27.8 Å². The van der Waals surface area contributed by atoms with Crippen LogP contribution in [0, 0.1) is 6.92 Å². The van der Waals surface area contributed by atoms with Crippen molar-refractivity contribution in [3.8, 4) is 0 Å². The maximum Gasteiger partial charge on any atom is 0.106 e. The van der Waals surface area contributed by atoms with Gasteiger partial charge in [-0.05, 0) is 24.6 Å². The number of nitrogens with two attached hydrogens (primary N) is 1. The SMILES string of the molecule is Cc1ccc(C(N)=S)c(NCCS(C)=O)c1. The van der Waals surface area contributed by atoms with Crippen LogP contribution >= 0.6 is 12.2 Å². The van der Waals surface area contributed by atoms with E-state index in [0.29, 0.717) is 17.3 Å². The van der Waals surface area contributed by atoms with Gasteiger partial charge in [-0.25, -0.2) is 0 Å². The second kappa shape index (κ2) is 5.96. The smallest absolute Gasteiger partial charge is 0.106 e. The molecule has 5 heteroatoms. The van der Waals surface area contributed by atoms with Gasteiger partial charge >= 0.3 is 0 Å². The number of hydrogen-bond donors (Lipinski definition) is 2. The largest absolute Gasteiger partial charge is 0.389 e. The van der Waals surface area contributed by atoms with E-state index >= 15 is 0 Å². The first-order chi connectivity index (χ1) is 7.50. The van der Waals surface area contributed by atoms with E-state index in [0.717, 1.165) is 16.8 Å². The number of nitrogens with one attached hydrogen (secondary N) is 1. The molecule has 0 spiro atoms. The number of hydrogen-bond acceptors (Lipinski definition) is 3. The summed E-state index contributed by atoms with van der Waals surface area (Å²) in [6.45, 7) is 2.66. The molecule has 0 aliphatic heterocycles. The van der Waals surface area contributed by atoms with E-state index in [1.165, 1.54) is 0 Å². The highest BCUT2D eigenvalue weighted by Gasteiger charge is 2.04. The molecular weight excluding hydrogens is 240 g/mol. The lowest BCUT2D eigenvalue weighted by molar-refractivity contribution is 0.687. The maximum atomic E-state index is 10.9. The van der Waals surface area contributed by atoms with Crippen LogP contribution in [0.25, 0.3) is 0 Å². The Kier molecular flexibility index (Phi) is 4.89. The Morgan fingerprint density at radius 3 is 2.81 bits per heavy atom. The lowest BCUT2D eigenvalue weighted by Gasteiger charge is -2.11. The molecule has 0 saturated heterocycles. The zero-order chi connectivity index (χ0) is 12.1. The van der Waals surface area contributed by atoms with Gasteiger partial charge in [-0.15, -0.1) is 0 Å². The highest BCUT2D eigenvalue weighted by Crippen LogP contribution is 2.17. The minimum atomic E-state index is -0.788. The van der Waals surface area contributed by atoms with Crippen molar-refractivity contribution in [2.45, 2.75) is 6.92 Å². The van der Waals surface area contributed by atoms with E-state index in [2.05, 4.69) is 5.32 Å². The summed E-state index contributed by atoms with van der Waals surface area (Å²) >= 11 is 4.97. The molecule has 1 atom stereocenters. The first-order valence-corrected chi connectivity index (χ1v) is 7.08. The van der Waals surface area contributed by atoms with Crippen molar-refractivity contribution in [2.75, 3.05) is 23.9 Å². The van der Waals surface area contributed by atoms with Crippen molar-refractivity contribution in [1.29, 1.82) is 0 Å². The summed E-state index contributed by atoms with van der Waals surface area (Å²) in [5, 5.41) is 3.21. The molecule has 88 valence electrons. The van der Waals surface area contributed by atoms with Crippen LogP contribution in [0.1, 0.15) is 11.1 Å². The molecule has 1 aromatic carbocycles. The fourth-order valence-corrected chi connectivity index (χ4v) is 1.92. The van der Waals surface area contributed by atoms with Crippen molar-refractivity contribution in [3.05, 3.63) is 29.3 Å². The van der Waals surface area contributed by atoms with Crippen LogP contribution < -0.4 is 11.1 Å². The Bertz CT molecular complexity index is 418. The Morgan fingerprint density at radius 1 is 1.56 bits per heavy atom. The Labute approximate surface area is 104 Å². The number of benzene rings is 1. The molecule has 16 heavy (non-hydrogen) atoms. The van der Waals surface area contributed by atoms with Crippen molar-refractivity contribution in [3.63, 3.8) is 0 Å². The zero-order valence-electron chi connectivity index (χ0n) is 9.45. The Morgan fingerprint density at radius 2 is 2.25 bits per heavy atom. The number of thiocarbonyl (C=S) groups is 1. The first-order valence-electron chi connectivity index (χ1n) is 4.95. The fourth-order valence-electron chi connectivity index (χ4n) is 1.35. The minimum absolute atomic E-state index is 0.375. The fraction of sp³-hybridized carbons (Fsp3) is 0.364. The van der Waals surface area contributed by atoms with Crippen LogP contribution in [0.3, 0.4) is 0 Å². The number of aryl methyl sites for hydroxylation is 1. The minimum Gasteiger partial charge on any atom is -0.389 e. The third kappa shape index (κ3) is 3.90. The second-order valence-corrected chi connectivity index (χ2v) is 5.61. The topological polar surface area (TPSA) is 55.1 Å². The van der Waals surface area contributed by atoms with Gasteiger partial charge in [0.2, 0.25) is 0 Å². The molecule has 1 unspecified atom stereocenters. The Balaban J connectivity index is 2.80. The highest BCUT2D eigenvalue weighted by atomic mass is 32.2. The van der Waals surface area contributed by atoms with Crippen LogP contribution in [0.5, 0.6) is 0 Å². The van der Waals surface area contributed by atoms with E-state index < -0.39 is 10.8 Å². The van der Waals surface area contributed by atoms with Crippen molar-refractivity contribution < 1.29 is 4.21 Å². The molecule has 0 amide bonds. The summed E-state index contributed by atoms with van der Waals surface area (Å²) in [4.78, 5) is 0.375. The van der Waals surface area contributed by atoms with E-state index in [9.17, 15) is 4.21 Å². The molecule has 1 aromatic rings. The van der Waals surface area contributed by atoms with Crippen molar-refractivity contribution >= 4 is 33.7 Å². The lowest BCUT2D eigenvalue weighted by atomic mass is 10.1. The summed E-state index contributed by atoms with van der Waals surface area (Å²) in [6.07, 6.45) is 1.69. The van der Waals surface area contributed by atoms with Gasteiger partial charge in [0.05, 0.1) is 0 Å². The number of anilines is 1. The molecule has 0 aromatic heterocycles. The third-order valence-corrected chi connectivity index (χ3v) is 3.14. The molecule has 0 fully saturated rings. The summed E-state index contributed by atoms with van der Waals surface area (Å²) < 4.78 is 10.9. The van der Waals surface area contributed by atoms with Gasteiger partial charge in [-0.1, -0.05) is 18.3 Å². The monoisotopic (exact) mass is 256 g/mol. The summed E-state index contributed by atoms with van der Waals surface area (Å²) in [7, 11) is -0.788. The summed E-state index contributed by atoms with van der Waals surface area (Å²) in [5.41, 5.74) is 8.52. The predicted octanol–water partition coefficient (Wildman–Crippen LogP) is 1.42. The van der Waals surface area contributed by atoms with Gasteiger partial charge in [0.25, 0.3) is 0 Å². The van der Waals surface area contributed by atoms with Gasteiger partial charge in [0, 0.05) is 40.6 Å². The molecule has 0 aliphatic rings. The lowest BCUT2D eigenvalue weighted by Crippen LogP contribution is -2.16. The average molecular weight is 256 g/mol. The Hall–Kier alpha value is -0.940. The van der Waals surface area contributed by atoms with Crippen LogP contribution in [0.4, 0.5) is 5.69 Å². The summed E-state index contributed by atoms with van der Waals surface area (Å²) in [5.74, 6) is 0.616. The molecule has 0 radical (unpaired) electrons. The molecule has 1 rings (SSSR count). The van der Waals surface area contributed by atoms with Crippen LogP contribution in [-0.2, 0) is 10.8 Å². The predicted molar refractivity (Wildman–Crippen MR) is 74.5 cm³/mol. The normalized spacial score (nSPS) is 12.1. The summed E-state index contributed by atoms with van der Waals surface area (Å²) in [6, 6.07) is 5.87. The van der Waals surface area contributed by atoms with Gasteiger partial charge in [-0.3, -0.25) is 4.21 Å². The maximum absolute atomic E-state index is 10.9. The van der Waals surface area contributed by atoms with E-state index in [4.69, 9.17) is 18.0 Å². The highest BCUT2D eigenvalue weighted by molar-refractivity contribution is 7.84. The van der Waals surface area contributed by atoms with Gasteiger partial charge < -0.3 is 11.1 Å². The van der Waals surface area contributed by atoms with E-state index in [1.54, 1.807) is 6.26 Å². The molecule has 3 N–H and O–H groups in total. The standard InChI is InChI=1S/C11H16N2OS2/c1-8-3-4-9(11(12)15)10(7-8)13-5-6-16(2)14/h3-4,7,13H,5-6H2,1-2H3,(H2,12,15). The van der Waals surface area contributed by atoms with Crippen molar-refractivity contribution in [1.82, 2.24) is 0 Å². The first kappa shape index (κ1) is 13.1. The second-order valence-electron chi connectivity index (χ2n) is 3.62. The molecule has 3 nitrogen and oxygen atoms in total. The number of rotatable bonds is 5. The average Bonchev–Trinajstić information content (AvgIpc) is 2.16. The third-order valence-electron chi connectivity index (χ3n) is 2.15.